The number of nitrogens with zero attached hydrogens (tertiary/aromatic N) is 1. The fourth-order valence-corrected chi connectivity index (χ4v) is 3.31. The number of hydrogen-bond donors (Lipinski definition) is 1. The Balaban J connectivity index is 2.16. The van der Waals surface area contributed by atoms with E-state index in [9.17, 15) is 9.90 Å². The third kappa shape index (κ3) is 3.47. The van der Waals surface area contributed by atoms with Crippen LogP contribution in [-0.4, -0.2) is 41.0 Å². The third-order valence-corrected chi connectivity index (χ3v) is 4.30. The quantitative estimate of drug-likeness (QED) is 0.778. The second-order valence-electron chi connectivity index (χ2n) is 5.55. The van der Waals surface area contributed by atoms with Crippen molar-refractivity contribution in [1.29, 1.82) is 0 Å². The van der Waals surface area contributed by atoms with Gasteiger partial charge in [-0.1, -0.05) is 50.1 Å². The molecule has 1 aromatic carbocycles. The van der Waals surface area contributed by atoms with E-state index in [1.54, 1.807) is 0 Å². The summed E-state index contributed by atoms with van der Waals surface area (Å²) in [5.74, 6) is 0.188. The summed E-state index contributed by atoms with van der Waals surface area (Å²) in [6.45, 7) is 2.78. The Morgan fingerprint density at radius 2 is 1.95 bits per heavy atom. The van der Waals surface area contributed by atoms with Crippen molar-refractivity contribution in [2.75, 3.05) is 13.2 Å². The van der Waals surface area contributed by atoms with Crippen LogP contribution in [-0.2, 0) is 0 Å². The summed E-state index contributed by atoms with van der Waals surface area (Å²) in [5, 5.41) is 9.34. The van der Waals surface area contributed by atoms with E-state index in [2.05, 4.69) is 11.8 Å². The van der Waals surface area contributed by atoms with Crippen LogP contribution in [0.1, 0.15) is 49.4 Å². The summed E-state index contributed by atoms with van der Waals surface area (Å²) in [6, 6.07) is 9.87. The van der Waals surface area contributed by atoms with E-state index in [1.165, 1.54) is 12.8 Å². The molecule has 0 bridgehead atoms. The SMILES string of the molecule is CCC(C(=O)c1ccccc1)N(CCO)C1CCCC1. The Labute approximate surface area is 121 Å². The molecule has 1 saturated carbocycles. The summed E-state index contributed by atoms with van der Waals surface area (Å²) in [4.78, 5) is 15.0. The molecule has 1 unspecified atom stereocenters. The molecule has 1 aromatic rings. The Kier molecular flexibility index (Phi) is 5.74. The maximum absolute atomic E-state index is 12.7. The van der Waals surface area contributed by atoms with E-state index in [4.69, 9.17) is 0 Å². The number of carbonyl (C=O) groups is 1. The minimum Gasteiger partial charge on any atom is -0.395 e. The number of hydrogen-bond acceptors (Lipinski definition) is 3. The number of ketones is 1. The van der Waals surface area contributed by atoms with Crippen LogP contribution in [0.5, 0.6) is 0 Å². The zero-order valence-corrected chi connectivity index (χ0v) is 12.3. The van der Waals surface area contributed by atoms with Crippen molar-refractivity contribution in [3.63, 3.8) is 0 Å². The van der Waals surface area contributed by atoms with Crippen LogP contribution in [0.25, 0.3) is 0 Å². The summed E-state index contributed by atoms with van der Waals surface area (Å²) >= 11 is 0. The Morgan fingerprint density at radius 3 is 2.50 bits per heavy atom. The van der Waals surface area contributed by atoms with Crippen LogP contribution < -0.4 is 0 Å². The molecule has 1 aliphatic rings. The number of carbonyl (C=O) groups excluding carboxylic acids is 1. The van der Waals surface area contributed by atoms with Gasteiger partial charge in [-0.2, -0.15) is 0 Å². The van der Waals surface area contributed by atoms with Crippen LogP contribution >= 0.6 is 0 Å². The van der Waals surface area contributed by atoms with Gasteiger partial charge in [0.15, 0.2) is 5.78 Å². The first-order valence-corrected chi connectivity index (χ1v) is 7.73. The molecule has 20 heavy (non-hydrogen) atoms. The highest BCUT2D eigenvalue weighted by atomic mass is 16.3. The highest BCUT2D eigenvalue weighted by Crippen LogP contribution is 2.27. The second kappa shape index (κ2) is 7.55. The van der Waals surface area contributed by atoms with Gasteiger partial charge in [0.25, 0.3) is 0 Å². The van der Waals surface area contributed by atoms with E-state index < -0.39 is 0 Å². The molecular weight excluding hydrogens is 250 g/mol. The predicted octanol–water partition coefficient (Wildman–Crippen LogP) is 2.88. The van der Waals surface area contributed by atoms with E-state index in [0.717, 1.165) is 24.8 Å². The van der Waals surface area contributed by atoms with Crippen molar-refractivity contribution in [1.82, 2.24) is 4.90 Å². The minimum absolute atomic E-state index is 0.104. The van der Waals surface area contributed by atoms with Crippen LogP contribution in [0.3, 0.4) is 0 Å². The van der Waals surface area contributed by atoms with Crippen LogP contribution in [0.4, 0.5) is 0 Å². The third-order valence-electron chi connectivity index (χ3n) is 4.30. The first kappa shape index (κ1) is 15.2. The molecule has 0 aliphatic heterocycles. The maximum atomic E-state index is 12.7. The molecule has 1 aliphatic carbocycles. The molecule has 1 N–H and O–H groups in total. The van der Waals surface area contributed by atoms with Crippen molar-refractivity contribution < 1.29 is 9.90 Å². The normalized spacial score (nSPS) is 17.6. The van der Waals surface area contributed by atoms with Gasteiger partial charge in [-0.3, -0.25) is 9.69 Å². The molecule has 110 valence electrons. The monoisotopic (exact) mass is 275 g/mol. The molecule has 0 spiro atoms. The lowest BCUT2D eigenvalue weighted by Gasteiger charge is -2.34. The topological polar surface area (TPSA) is 40.5 Å². The molecule has 1 fully saturated rings. The molecule has 0 saturated heterocycles. The second-order valence-corrected chi connectivity index (χ2v) is 5.55. The highest BCUT2D eigenvalue weighted by molar-refractivity contribution is 6.00. The number of rotatable bonds is 7. The maximum Gasteiger partial charge on any atom is 0.179 e. The molecule has 3 nitrogen and oxygen atoms in total. The molecule has 0 heterocycles. The first-order chi connectivity index (χ1) is 9.77. The first-order valence-electron chi connectivity index (χ1n) is 7.73. The van der Waals surface area contributed by atoms with Gasteiger partial charge in [0.1, 0.15) is 0 Å². The van der Waals surface area contributed by atoms with Crippen molar-refractivity contribution >= 4 is 5.78 Å². The molecule has 3 heteroatoms. The van der Waals surface area contributed by atoms with Crippen LogP contribution in [0.15, 0.2) is 30.3 Å². The van der Waals surface area contributed by atoms with Gasteiger partial charge < -0.3 is 5.11 Å². The Hall–Kier alpha value is -1.19. The van der Waals surface area contributed by atoms with Crippen molar-refractivity contribution in [2.45, 2.75) is 51.1 Å². The van der Waals surface area contributed by atoms with Crippen LogP contribution in [0, 0.1) is 0 Å². The lowest BCUT2D eigenvalue weighted by molar-refractivity contribution is 0.0662. The fourth-order valence-electron chi connectivity index (χ4n) is 3.31. The van der Waals surface area contributed by atoms with Gasteiger partial charge in [-0.25, -0.2) is 0 Å². The van der Waals surface area contributed by atoms with Gasteiger partial charge in [0.2, 0.25) is 0 Å². The van der Waals surface area contributed by atoms with Crippen molar-refractivity contribution in [2.24, 2.45) is 0 Å². The summed E-state index contributed by atoms with van der Waals surface area (Å²) in [6.07, 6.45) is 5.58. The van der Waals surface area contributed by atoms with Gasteiger partial charge >= 0.3 is 0 Å². The molecule has 0 radical (unpaired) electrons. The standard InChI is InChI=1S/C17H25NO2/c1-2-16(17(20)14-8-4-3-5-9-14)18(12-13-19)15-10-6-7-11-15/h3-5,8-9,15-16,19H,2,6-7,10-13H2,1H3. The summed E-state index contributed by atoms with van der Waals surface area (Å²) < 4.78 is 0. The van der Waals surface area contributed by atoms with Gasteiger partial charge in [0, 0.05) is 18.2 Å². The van der Waals surface area contributed by atoms with E-state index in [0.29, 0.717) is 12.6 Å². The number of aliphatic hydroxyl groups is 1. The van der Waals surface area contributed by atoms with Gasteiger partial charge in [-0.15, -0.1) is 0 Å². The average molecular weight is 275 g/mol. The predicted molar refractivity (Wildman–Crippen MR) is 80.9 cm³/mol. The molecule has 1 atom stereocenters. The number of Topliss-reactive ketones (excluding diaryl/α,β-unsaturated/α-hetero) is 1. The van der Waals surface area contributed by atoms with E-state index in [-0.39, 0.29) is 18.4 Å². The summed E-state index contributed by atoms with van der Waals surface area (Å²) in [5.41, 5.74) is 0.778. The zero-order valence-electron chi connectivity index (χ0n) is 12.3. The molecular formula is C17H25NO2. The molecule has 0 amide bonds. The number of aliphatic hydroxyl groups excluding tert-OH is 1. The van der Waals surface area contributed by atoms with E-state index >= 15 is 0 Å². The zero-order chi connectivity index (χ0) is 14.4. The molecule has 2 rings (SSSR count). The number of benzene rings is 1. The van der Waals surface area contributed by atoms with Gasteiger partial charge in [-0.05, 0) is 19.3 Å². The minimum atomic E-state index is -0.104. The van der Waals surface area contributed by atoms with Crippen LogP contribution in [0.2, 0.25) is 0 Å². The Morgan fingerprint density at radius 1 is 1.30 bits per heavy atom. The lowest BCUT2D eigenvalue weighted by atomic mass is 9.98. The fraction of sp³-hybridized carbons (Fsp3) is 0.588. The Bertz CT molecular complexity index is 412. The highest BCUT2D eigenvalue weighted by Gasteiger charge is 2.31. The largest absolute Gasteiger partial charge is 0.395 e. The van der Waals surface area contributed by atoms with Gasteiger partial charge in [0.05, 0.1) is 12.6 Å². The summed E-state index contributed by atoms with van der Waals surface area (Å²) in [7, 11) is 0. The average Bonchev–Trinajstić information content (AvgIpc) is 3.02. The molecule has 0 aromatic heterocycles. The van der Waals surface area contributed by atoms with Crippen molar-refractivity contribution in [3.05, 3.63) is 35.9 Å². The lowest BCUT2D eigenvalue weighted by Crippen LogP contribution is -2.47. The van der Waals surface area contributed by atoms with E-state index in [1.807, 2.05) is 30.3 Å². The smallest absolute Gasteiger partial charge is 0.179 e. The van der Waals surface area contributed by atoms with Crippen molar-refractivity contribution in [3.8, 4) is 0 Å².